The van der Waals surface area contributed by atoms with Crippen LogP contribution in [0.4, 0.5) is 17.1 Å². The molecule has 0 N–H and O–H groups in total. The van der Waals surface area contributed by atoms with Crippen LogP contribution >= 0.6 is 0 Å². The van der Waals surface area contributed by atoms with E-state index in [0.717, 1.165) is 16.2 Å². The van der Waals surface area contributed by atoms with Crippen LogP contribution in [-0.2, 0) is 14.4 Å². The van der Waals surface area contributed by atoms with Gasteiger partial charge in [-0.25, -0.2) is 4.90 Å². The van der Waals surface area contributed by atoms with Gasteiger partial charge in [0.05, 0.1) is 28.5 Å². The molecule has 4 unspecified atom stereocenters. The molecule has 4 atom stereocenters. The second kappa shape index (κ2) is 6.60. The van der Waals surface area contributed by atoms with E-state index in [1.807, 2.05) is 41.3 Å². The average Bonchev–Trinajstić information content (AvgIpc) is 3.21. The molecule has 0 bridgehead atoms. The Balaban J connectivity index is 1.60. The van der Waals surface area contributed by atoms with Gasteiger partial charge < -0.3 is 4.90 Å². The van der Waals surface area contributed by atoms with Gasteiger partial charge in [0.1, 0.15) is 6.04 Å². The number of nitrogens with zero attached hydrogens (tertiary/aromatic N) is 3. The summed E-state index contributed by atoms with van der Waals surface area (Å²) in [6, 6.07) is 10.5. The number of hydrogen-bond donors (Lipinski definition) is 0. The Bertz CT molecular complexity index is 1200. The summed E-state index contributed by atoms with van der Waals surface area (Å²) in [5, 5.41) is 11.1. The maximum absolute atomic E-state index is 13.5. The van der Waals surface area contributed by atoms with Gasteiger partial charge in [-0.1, -0.05) is 30.4 Å². The Morgan fingerprint density at radius 1 is 1.03 bits per heavy atom. The van der Waals surface area contributed by atoms with E-state index in [1.165, 1.54) is 25.1 Å². The Kier molecular flexibility index (Phi) is 4.08. The van der Waals surface area contributed by atoms with Gasteiger partial charge in [0.25, 0.3) is 5.69 Å². The van der Waals surface area contributed by atoms with Crippen LogP contribution in [-0.4, -0.2) is 34.6 Å². The van der Waals surface area contributed by atoms with Gasteiger partial charge in [-0.15, -0.1) is 0 Å². The molecule has 156 valence electrons. The number of carbonyl (C=O) groups is 3. The van der Waals surface area contributed by atoms with Gasteiger partial charge in [-0.3, -0.25) is 24.5 Å². The summed E-state index contributed by atoms with van der Waals surface area (Å²) in [5.74, 6) is -2.49. The van der Waals surface area contributed by atoms with E-state index in [-0.39, 0.29) is 17.4 Å². The Hall–Kier alpha value is -3.81. The highest BCUT2D eigenvalue weighted by atomic mass is 16.6. The molecule has 2 saturated heterocycles. The Morgan fingerprint density at radius 3 is 2.42 bits per heavy atom. The molecule has 3 heterocycles. The second-order valence-corrected chi connectivity index (χ2v) is 8.16. The molecule has 0 aliphatic carbocycles. The van der Waals surface area contributed by atoms with Gasteiger partial charge >= 0.3 is 0 Å². The smallest absolute Gasteiger partial charge is 0.269 e. The van der Waals surface area contributed by atoms with E-state index in [1.54, 1.807) is 6.92 Å². The minimum atomic E-state index is -0.805. The lowest BCUT2D eigenvalue weighted by atomic mass is 9.88. The molecule has 2 aromatic rings. The van der Waals surface area contributed by atoms with Crippen molar-refractivity contribution in [3.05, 3.63) is 69.8 Å². The van der Waals surface area contributed by atoms with E-state index in [2.05, 4.69) is 0 Å². The molecule has 0 saturated carbocycles. The molecule has 8 nitrogen and oxygen atoms in total. The number of carbonyl (C=O) groups excluding carboxylic acids is 3. The summed E-state index contributed by atoms with van der Waals surface area (Å²) >= 11 is 0. The standard InChI is InChI=1S/C23H19N3O5/c1-12-11-15(26(30)31)8-10-16(12)25-22(28)19-18-9-7-14-5-3-4-6-17(14)24(18)21(13(2)27)20(19)23(25)29/h3-11,18-21H,1-2H3. The van der Waals surface area contributed by atoms with E-state index >= 15 is 0 Å². The molecule has 2 aromatic carbocycles. The highest BCUT2D eigenvalue weighted by Gasteiger charge is 2.63. The number of rotatable bonds is 3. The third kappa shape index (κ3) is 2.57. The fraction of sp³-hybridized carbons (Fsp3) is 0.261. The Labute approximate surface area is 177 Å². The summed E-state index contributed by atoms with van der Waals surface area (Å²) in [7, 11) is 0. The molecule has 2 fully saturated rings. The van der Waals surface area contributed by atoms with Crippen LogP contribution in [0.5, 0.6) is 0 Å². The van der Waals surface area contributed by atoms with Crippen molar-refractivity contribution in [2.75, 3.05) is 9.80 Å². The summed E-state index contributed by atoms with van der Waals surface area (Å²) < 4.78 is 0. The van der Waals surface area contributed by atoms with Crippen LogP contribution in [0.25, 0.3) is 6.08 Å². The van der Waals surface area contributed by atoms with Crippen molar-refractivity contribution in [1.29, 1.82) is 0 Å². The number of non-ortho nitro benzene ring substituents is 1. The number of hydrogen-bond acceptors (Lipinski definition) is 6. The van der Waals surface area contributed by atoms with Gasteiger partial charge in [0, 0.05) is 17.8 Å². The Morgan fingerprint density at radius 2 is 1.74 bits per heavy atom. The lowest BCUT2D eigenvalue weighted by Crippen LogP contribution is -2.48. The molecule has 5 rings (SSSR count). The number of nitro groups is 1. The fourth-order valence-corrected chi connectivity index (χ4v) is 5.21. The monoisotopic (exact) mass is 417 g/mol. The molecular weight excluding hydrogens is 398 g/mol. The SMILES string of the molecule is CC(=O)C1C2C(=O)N(c3ccc([N+](=O)[O-])cc3C)C(=O)C2C2C=Cc3ccccc3N21. The van der Waals surface area contributed by atoms with Gasteiger partial charge in [0.15, 0.2) is 5.78 Å². The second-order valence-electron chi connectivity index (χ2n) is 8.16. The summed E-state index contributed by atoms with van der Waals surface area (Å²) in [4.78, 5) is 53.3. The molecule has 3 aliphatic heterocycles. The van der Waals surface area contributed by atoms with E-state index in [9.17, 15) is 24.5 Å². The predicted octanol–water partition coefficient (Wildman–Crippen LogP) is 2.88. The van der Waals surface area contributed by atoms with Gasteiger partial charge in [0.2, 0.25) is 11.8 Å². The third-order valence-electron chi connectivity index (χ3n) is 6.46. The average molecular weight is 417 g/mol. The lowest BCUT2D eigenvalue weighted by Gasteiger charge is -2.36. The van der Waals surface area contributed by atoms with Crippen molar-refractivity contribution in [3.8, 4) is 0 Å². The number of amides is 2. The molecule has 31 heavy (non-hydrogen) atoms. The van der Waals surface area contributed by atoms with Crippen LogP contribution < -0.4 is 9.80 Å². The van der Waals surface area contributed by atoms with Gasteiger partial charge in [-0.05, 0) is 37.1 Å². The number of anilines is 2. The number of para-hydroxylation sites is 1. The zero-order chi connectivity index (χ0) is 22.0. The molecule has 8 heteroatoms. The fourth-order valence-electron chi connectivity index (χ4n) is 5.21. The van der Waals surface area contributed by atoms with Crippen molar-refractivity contribution in [1.82, 2.24) is 0 Å². The first-order valence-electron chi connectivity index (χ1n) is 10.00. The first-order chi connectivity index (χ1) is 14.8. The molecule has 2 amide bonds. The molecule has 0 spiro atoms. The number of nitro benzene ring substituents is 1. The van der Waals surface area contributed by atoms with E-state index in [0.29, 0.717) is 11.3 Å². The van der Waals surface area contributed by atoms with E-state index in [4.69, 9.17) is 0 Å². The van der Waals surface area contributed by atoms with Gasteiger partial charge in [-0.2, -0.15) is 0 Å². The maximum Gasteiger partial charge on any atom is 0.269 e. The van der Waals surface area contributed by atoms with Crippen LogP contribution in [0, 0.1) is 28.9 Å². The molecular formula is C23H19N3O5. The molecule has 3 aliphatic rings. The van der Waals surface area contributed by atoms with Crippen LogP contribution in [0.2, 0.25) is 0 Å². The minimum Gasteiger partial charge on any atom is -0.353 e. The number of imide groups is 1. The van der Waals surface area contributed by atoms with Crippen molar-refractivity contribution in [2.24, 2.45) is 11.8 Å². The summed E-state index contributed by atoms with van der Waals surface area (Å²) in [5.41, 5.74) is 2.44. The summed E-state index contributed by atoms with van der Waals surface area (Å²) in [6.45, 7) is 3.07. The first-order valence-corrected chi connectivity index (χ1v) is 10.00. The number of Topliss-reactive ketones (excluding diaryl/α,β-unsaturated/α-hetero) is 1. The van der Waals surface area contributed by atoms with Crippen molar-refractivity contribution in [2.45, 2.75) is 25.9 Å². The van der Waals surface area contributed by atoms with Crippen LogP contribution in [0.1, 0.15) is 18.1 Å². The zero-order valence-electron chi connectivity index (χ0n) is 16.9. The number of ketones is 1. The topological polar surface area (TPSA) is 101 Å². The van der Waals surface area contributed by atoms with Crippen molar-refractivity contribution in [3.63, 3.8) is 0 Å². The minimum absolute atomic E-state index is 0.111. The predicted molar refractivity (Wildman–Crippen MR) is 114 cm³/mol. The van der Waals surface area contributed by atoms with Crippen molar-refractivity contribution < 1.29 is 19.3 Å². The normalized spacial score (nSPS) is 26.0. The number of benzene rings is 2. The van der Waals surface area contributed by atoms with Crippen LogP contribution in [0.15, 0.2) is 48.5 Å². The van der Waals surface area contributed by atoms with Crippen molar-refractivity contribution >= 4 is 40.7 Å². The van der Waals surface area contributed by atoms with E-state index < -0.39 is 34.7 Å². The first kappa shape index (κ1) is 19.2. The largest absolute Gasteiger partial charge is 0.353 e. The maximum atomic E-state index is 13.5. The molecule has 0 radical (unpaired) electrons. The quantitative estimate of drug-likeness (QED) is 0.432. The zero-order valence-corrected chi connectivity index (χ0v) is 16.9. The highest BCUT2D eigenvalue weighted by Crippen LogP contribution is 2.49. The van der Waals surface area contributed by atoms with Crippen LogP contribution in [0.3, 0.4) is 0 Å². The molecule has 0 aromatic heterocycles. The third-order valence-corrected chi connectivity index (χ3v) is 6.46. The number of aryl methyl sites for hydroxylation is 1. The lowest BCUT2D eigenvalue weighted by molar-refractivity contribution is -0.384. The highest BCUT2D eigenvalue weighted by molar-refractivity contribution is 6.25. The number of fused-ring (bicyclic) bond motifs is 5. The summed E-state index contributed by atoms with van der Waals surface area (Å²) in [6.07, 6.45) is 3.81.